The Bertz CT molecular complexity index is 1340. The van der Waals surface area contributed by atoms with Gasteiger partial charge in [0.2, 0.25) is 5.43 Å². The third-order valence-corrected chi connectivity index (χ3v) is 7.52. The van der Waals surface area contributed by atoms with E-state index < -0.39 is 58.6 Å². The fraction of sp³-hybridized carbons (Fsp3) is 0.500. The number of pyridine rings is 1. The Kier molecular flexibility index (Phi) is 6.74. The van der Waals surface area contributed by atoms with Gasteiger partial charge in [0.15, 0.2) is 17.2 Å². The number of carbonyl (C=O) groups excluding carboxylic acids is 2. The van der Waals surface area contributed by atoms with Gasteiger partial charge in [-0.2, -0.15) is 0 Å². The quantitative estimate of drug-likeness (QED) is 0.604. The van der Waals surface area contributed by atoms with E-state index in [-0.39, 0.29) is 43.2 Å². The van der Waals surface area contributed by atoms with E-state index in [2.05, 4.69) is 5.32 Å². The lowest BCUT2D eigenvalue weighted by Crippen LogP contribution is -2.53. The summed E-state index contributed by atoms with van der Waals surface area (Å²) in [5, 5.41) is 13.2. The molecular weight excluding hydrogens is 504 g/mol. The number of aromatic nitrogens is 1. The van der Waals surface area contributed by atoms with Crippen molar-refractivity contribution < 1.29 is 37.7 Å². The molecule has 3 aliphatic heterocycles. The molecule has 12 heteroatoms. The molecule has 1 spiro atoms. The third kappa shape index (κ3) is 4.26. The van der Waals surface area contributed by atoms with Gasteiger partial charge in [0, 0.05) is 44.4 Å². The summed E-state index contributed by atoms with van der Waals surface area (Å²) in [5.41, 5.74) is -1.82. The van der Waals surface area contributed by atoms with Crippen LogP contribution < -0.4 is 10.7 Å². The van der Waals surface area contributed by atoms with Gasteiger partial charge in [-0.15, -0.1) is 0 Å². The molecule has 2 bridgehead atoms. The molecule has 2 amide bonds. The Balaban J connectivity index is 1.53. The van der Waals surface area contributed by atoms with E-state index in [4.69, 9.17) is 14.2 Å². The Morgan fingerprint density at radius 1 is 1.29 bits per heavy atom. The highest BCUT2D eigenvalue weighted by molar-refractivity contribution is 5.99. The molecular formula is C26H29F2N3O7. The Morgan fingerprint density at radius 2 is 2.00 bits per heavy atom. The Hall–Kier alpha value is -3.35. The average Bonchev–Trinajstić information content (AvgIpc) is 3.22. The average molecular weight is 534 g/mol. The van der Waals surface area contributed by atoms with Crippen LogP contribution in [0.25, 0.3) is 0 Å². The highest BCUT2D eigenvalue weighted by Crippen LogP contribution is 2.45. The normalized spacial score (nSPS) is 26.4. The highest BCUT2D eigenvalue weighted by atomic mass is 19.1. The summed E-state index contributed by atoms with van der Waals surface area (Å²) in [6.07, 6.45) is 1.78. The molecule has 204 valence electrons. The summed E-state index contributed by atoms with van der Waals surface area (Å²) in [4.78, 5) is 41.0. The first-order chi connectivity index (χ1) is 18.1. The maximum atomic E-state index is 14.3. The summed E-state index contributed by atoms with van der Waals surface area (Å²) in [7, 11) is 1.54. The lowest BCUT2D eigenvalue weighted by Gasteiger charge is -2.42. The van der Waals surface area contributed by atoms with E-state index in [9.17, 15) is 28.3 Å². The minimum atomic E-state index is -1.19. The van der Waals surface area contributed by atoms with Gasteiger partial charge in [-0.25, -0.2) is 8.78 Å². The van der Waals surface area contributed by atoms with Crippen molar-refractivity contribution in [2.75, 3.05) is 26.9 Å². The zero-order chi connectivity index (χ0) is 27.4. The summed E-state index contributed by atoms with van der Waals surface area (Å²) in [6, 6.07) is 1.36. The van der Waals surface area contributed by atoms with Crippen LogP contribution in [0.15, 0.2) is 23.1 Å². The standard InChI is InChI=1S/C26H29F2N3O7/c1-13-6-18(27)16(19(28)7-13)8-29-24(34)17-9-31-20-10-30(25(35)21(31)23(33)22(17)32)14(2)4-5-26(20)37-12-15(38-26)11-36-3/h6-7,9,14-15,20,33H,4-5,8,10-12H2,1-3H3,(H,29,34)/t14-,15+,20+,26-/m0/s1. The molecule has 2 saturated heterocycles. The summed E-state index contributed by atoms with van der Waals surface area (Å²) in [6.45, 7) is 3.57. The van der Waals surface area contributed by atoms with Gasteiger partial charge >= 0.3 is 0 Å². The maximum absolute atomic E-state index is 14.3. The molecule has 10 nitrogen and oxygen atoms in total. The number of methoxy groups -OCH3 is 1. The molecule has 0 saturated carbocycles. The van der Waals surface area contributed by atoms with E-state index in [1.807, 2.05) is 6.92 Å². The zero-order valence-corrected chi connectivity index (χ0v) is 21.3. The number of fused-ring (bicyclic) bond motifs is 5. The van der Waals surface area contributed by atoms with Crippen molar-refractivity contribution >= 4 is 11.8 Å². The van der Waals surface area contributed by atoms with E-state index in [1.54, 1.807) is 12.0 Å². The lowest BCUT2D eigenvalue weighted by atomic mass is 9.99. The minimum absolute atomic E-state index is 0.163. The largest absolute Gasteiger partial charge is 0.503 e. The predicted octanol–water partition coefficient (Wildman–Crippen LogP) is 2.01. The highest BCUT2D eigenvalue weighted by Gasteiger charge is 2.55. The first-order valence-corrected chi connectivity index (χ1v) is 12.4. The maximum Gasteiger partial charge on any atom is 0.274 e. The number of hydrogen-bond acceptors (Lipinski definition) is 7. The molecule has 4 heterocycles. The van der Waals surface area contributed by atoms with Crippen LogP contribution in [-0.2, 0) is 20.8 Å². The predicted molar refractivity (Wildman–Crippen MR) is 129 cm³/mol. The van der Waals surface area contributed by atoms with Crippen molar-refractivity contribution in [2.24, 2.45) is 0 Å². The van der Waals surface area contributed by atoms with Crippen LogP contribution in [0.1, 0.15) is 57.8 Å². The molecule has 2 fully saturated rings. The first-order valence-electron chi connectivity index (χ1n) is 12.4. The number of aryl methyl sites for hydroxylation is 1. The third-order valence-electron chi connectivity index (χ3n) is 7.52. The van der Waals surface area contributed by atoms with Gasteiger partial charge in [0.25, 0.3) is 11.8 Å². The molecule has 0 unspecified atom stereocenters. The topological polar surface area (TPSA) is 119 Å². The molecule has 3 aliphatic rings. The smallest absolute Gasteiger partial charge is 0.274 e. The van der Waals surface area contributed by atoms with E-state index in [0.717, 1.165) is 12.1 Å². The second-order valence-electron chi connectivity index (χ2n) is 10.0. The molecule has 4 atom stereocenters. The summed E-state index contributed by atoms with van der Waals surface area (Å²) in [5.74, 6) is -5.27. The Morgan fingerprint density at radius 3 is 2.68 bits per heavy atom. The van der Waals surface area contributed by atoms with Crippen LogP contribution in [-0.4, -0.2) is 71.2 Å². The molecule has 38 heavy (non-hydrogen) atoms. The summed E-state index contributed by atoms with van der Waals surface area (Å²) < 4.78 is 47.6. The van der Waals surface area contributed by atoms with E-state index in [1.165, 1.54) is 17.7 Å². The molecule has 2 aromatic rings. The number of ether oxygens (including phenoxy) is 3. The van der Waals surface area contributed by atoms with Crippen LogP contribution in [0.3, 0.4) is 0 Å². The number of benzene rings is 1. The van der Waals surface area contributed by atoms with Crippen LogP contribution in [0, 0.1) is 18.6 Å². The van der Waals surface area contributed by atoms with Crippen molar-refractivity contribution in [3.63, 3.8) is 0 Å². The molecule has 1 aromatic heterocycles. The first kappa shape index (κ1) is 26.3. The Labute approximate surface area is 217 Å². The van der Waals surface area contributed by atoms with Crippen molar-refractivity contribution in [3.05, 3.63) is 62.6 Å². The zero-order valence-electron chi connectivity index (χ0n) is 21.3. The van der Waals surface area contributed by atoms with Gasteiger partial charge in [0.1, 0.15) is 29.3 Å². The number of rotatable bonds is 5. The molecule has 0 aliphatic carbocycles. The minimum Gasteiger partial charge on any atom is -0.503 e. The van der Waals surface area contributed by atoms with E-state index >= 15 is 0 Å². The SMILES string of the molecule is COC[C@@H]1CO[C@@]2(CC[C@H](C)N3C[C@H]2n2cc(C(=O)NCc4c(F)cc(C)cc4F)c(=O)c(O)c2C3=O)O1. The van der Waals surface area contributed by atoms with Crippen LogP contribution >= 0.6 is 0 Å². The lowest BCUT2D eigenvalue weighted by molar-refractivity contribution is -0.205. The number of halogens is 2. The molecule has 5 rings (SSSR count). The molecule has 1 aromatic carbocycles. The monoisotopic (exact) mass is 533 g/mol. The number of aromatic hydroxyl groups is 1. The van der Waals surface area contributed by atoms with Gasteiger partial charge in [-0.3, -0.25) is 14.4 Å². The number of amides is 2. The van der Waals surface area contributed by atoms with Crippen molar-refractivity contribution in [1.29, 1.82) is 0 Å². The second-order valence-corrected chi connectivity index (χ2v) is 10.0. The van der Waals surface area contributed by atoms with Gasteiger partial charge in [-0.05, 0) is 38.0 Å². The number of nitrogens with one attached hydrogen (secondary N) is 1. The van der Waals surface area contributed by atoms with Crippen molar-refractivity contribution in [2.45, 2.75) is 57.2 Å². The number of nitrogens with zero attached hydrogens (tertiary/aromatic N) is 2. The number of carbonyl (C=O) groups is 2. The summed E-state index contributed by atoms with van der Waals surface area (Å²) >= 11 is 0. The van der Waals surface area contributed by atoms with Crippen molar-refractivity contribution in [3.8, 4) is 5.75 Å². The fourth-order valence-electron chi connectivity index (χ4n) is 5.52. The van der Waals surface area contributed by atoms with Crippen LogP contribution in [0.4, 0.5) is 8.78 Å². The second kappa shape index (κ2) is 9.75. The number of hydrogen-bond donors (Lipinski definition) is 2. The molecule has 2 N–H and O–H groups in total. The van der Waals surface area contributed by atoms with E-state index in [0.29, 0.717) is 18.4 Å². The van der Waals surface area contributed by atoms with Gasteiger partial charge < -0.3 is 34.1 Å². The van der Waals surface area contributed by atoms with Gasteiger partial charge in [-0.1, -0.05) is 0 Å². The molecule has 0 radical (unpaired) electrons. The van der Waals surface area contributed by atoms with Crippen molar-refractivity contribution in [1.82, 2.24) is 14.8 Å². The van der Waals surface area contributed by atoms with Gasteiger partial charge in [0.05, 0.1) is 13.2 Å². The fourth-order valence-corrected chi connectivity index (χ4v) is 5.52. The van der Waals surface area contributed by atoms with Crippen LogP contribution in [0.2, 0.25) is 0 Å². The van der Waals surface area contributed by atoms with Crippen LogP contribution in [0.5, 0.6) is 5.75 Å².